The highest BCUT2D eigenvalue weighted by molar-refractivity contribution is 5.84. The van der Waals surface area contributed by atoms with Gasteiger partial charge in [-0.25, -0.2) is 0 Å². The maximum Gasteiger partial charge on any atom is 0.306 e. The van der Waals surface area contributed by atoms with Gasteiger partial charge in [0.1, 0.15) is 5.75 Å². The first-order valence-electron chi connectivity index (χ1n) is 8.15. The Morgan fingerprint density at radius 3 is 2.38 bits per heavy atom. The molecule has 2 aromatic carbocycles. The molecule has 0 aromatic heterocycles. The molecule has 0 spiro atoms. The lowest BCUT2D eigenvalue weighted by Gasteiger charge is -2.32. The number of carbonyl (C=O) groups excluding carboxylic acids is 1. The number of carboxylic acid groups (broad SMARTS) is 1. The molecule has 2 atom stereocenters. The van der Waals surface area contributed by atoms with Gasteiger partial charge < -0.3 is 19.9 Å². The van der Waals surface area contributed by atoms with Crippen LogP contribution in [-0.2, 0) is 19.9 Å². The van der Waals surface area contributed by atoms with E-state index in [2.05, 4.69) is 5.32 Å². The van der Waals surface area contributed by atoms with Gasteiger partial charge in [-0.1, -0.05) is 42.5 Å². The number of rotatable bonds is 8. The molecule has 6 nitrogen and oxygen atoms in total. The highest BCUT2D eigenvalue weighted by Crippen LogP contribution is 2.29. The quantitative estimate of drug-likeness (QED) is 0.759. The van der Waals surface area contributed by atoms with Crippen molar-refractivity contribution in [2.24, 2.45) is 0 Å². The summed E-state index contributed by atoms with van der Waals surface area (Å²) in [7, 11) is 2.97. The Kier molecular flexibility index (Phi) is 6.36. The zero-order chi connectivity index (χ0) is 19.2. The van der Waals surface area contributed by atoms with E-state index in [4.69, 9.17) is 9.47 Å². The van der Waals surface area contributed by atoms with Crippen LogP contribution in [0.3, 0.4) is 0 Å². The Bertz CT molecular complexity index is 762. The monoisotopic (exact) mass is 357 g/mol. The second-order valence-corrected chi connectivity index (χ2v) is 6.15. The summed E-state index contributed by atoms with van der Waals surface area (Å²) >= 11 is 0. The van der Waals surface area contributed by atoms with Gasteiger partial charge in [-0.2, -0.15) is 0 Å². The molecule has 0 aliphatic carbocycles. The molecule has 2 rings (SSSR count). The maximum absolute atomic E-state index is 12.8. The minimum Gasteiger partial charge on any atom is -0.497 e. The molecule has 1 unspecified atom stereocenters. The Morgan fingerprint density at radius 1 is 1.12 bits per heavy atom. The fourth-order valence-corrected chi connectivity index (χ4v) is 2.85. The van der Waals surface area contributed by atoms with Crippen LogP contribution in [0.25, 0.3) is 0 Å². The second kappa shape index (κ2) is 8.49. The number of hydrogen-bond donors (Lipinski definition) is 2. The molecule has 0 aliphatic rings. The second-order valence-electron chi connectivity index (χ2n) is 6.15. The fraction of sp³-hybridized carbons (Fsp3) is 0.300. The van der Waals surface area contributed by atoms with Gasteiger partial charge in [0.25, 0.3) is 5.91 Å². The van der Waals surface area contributed by atoms with Gasteiger partial charge in [0.2, 0.25) is 0 Å². The summed E-state index contributed by atoms with van der Waals surface area (Å²) < 4.78 is 10.6. The van der Waals surface area contributed by atoms with Crippen molar-refractivity contribution in [1.82, 2.24) is 5.32 Å². The number of methoxy groups -OCH3 is 2. The van der Waals surface area contributed by atoms with E-state index in [0.29, 0.717) is 16.9 Å². The van der Waals surface area contributed by atoms with Crippen molar-refractivity contribution in [1.29, 1.82) is 0 Å². The van der Waals surface area contributed by atoms with Crippen molar-refractivity contribution in [2.75, 3.05) is 14.2 Å². The average Bonchev–Trinajstić information content (AvgIpc) is 2.62. The predicted molar refractivity (Wildman–Crippen MR) is 96.9 cm³/mol. The van der Waals surface area contributed by atoms with Crippen molar-refractivity contribution in [2.45, 2.75) is 25.0 Å². The summed E-state index contributed by atoms with van der Waals surface area (Å²) in [4.78, 5) is 24.3. The van der Waals surface area contributed by atoms with Crippen LogP contribution in [0.4, 0.5) is 0 Å². The average molecular weight is 357 g/mol. The van der Waals surface area contributed by atoms with Crippen molar-refractivity contribution in [3.05, 3.63) is 65.7 Å². The molecule has 1 amide bonds. The lowest BCUT2D eigenvalue weighted by molar-refractivity contribution is -0.140. The van der Waals surface area contributed by atoms with Crippen LogP contribution in [0.1, 0.15) is 30.6 Å². The molecule has 138 valence electrons. The van der Waals surface area contributed by atoms with Crippen LogP contribution in [0.5, 0.6) is 5.75 Å². The largest absolute Gasteiger partial charge is 0.497 e. The van der Waals surface area contributed by atoms with Gasteiger partial charge in [-0.15, -0.1) is 0 Å². The third kappa shape index (κ3) is 4.61. The Morgan fingerprint density at radius 2 is 1.81 bits per heavy atom. The minimum absolute atomic E-state index is 0.281. The topological polar surface area (TPSA) is 84.9 Å². The van der Waals surface area contributed by atoms with Crippen molar-refractivity contribution in [3.8, 4) is 5.75 Å². The van der Waals surface area contributed by atoms with E-state index in [1.54, 1.807) is 43.3 Å². The molecule has 26 heavy (non-hydrogen) atoms. The fourth-order valence-electron chi connectivity index (χ4n) is 2.85. The minimum atomic E-state index is -1.12. The lowest BCUT2D eigenvalue weighted by atomic mass is 9.87. The first kappa shape index (κ1) is 19.5. The van der Waals surface area contributed by atoms with Gasteiger partial charge in [-0.05, 0) is 30.2 Å². The van der Waals surface area contributed by atoms with Crippen LogP contribution in [0.15, 0.2) is 54.6 Å². The first-order valence-corrected chi connectivity index (χ1v) is 8.15. The van der Waals surface area contributed by atoms with E-state index in [9.17, 15) is 14.7 Å². The molecule has 0 bridgehead atoms. The number of nitrogens with one attached hydrogen (secondary N) is 1. The Hall–Kier alpha value is -2.86. The van der Waals surface area contributed by atoms with Crippen molar-refractivity contribution < 1.29 is 24.2 Å². The molecule has 2 N–H and O–H groups in total. The maximum atomic E-state index is 12.8. The Labute approximate surface area is 152 Å². The predicted octanol–water partition coefficient (Wildman–Crippen LogP) is 2.89. The molecule has 0 fully saturated rings. The van der Waals surface area contributed by atoms with Crippen molar-refractivity contribution >= 4 is 11.9 Å². The van der Waals surface area contributed by atoms with Gasteiger partial charge in [0.05, 0.1) is 19.1 Å². The summed E-state index contributed by atoms with van der Waals surface area (Å²) in [5, 5.41) is 12.2. The molecule has 2 aromatic rings. The molecule has 0 radical (unpaired) electrons. The van der Waals surface area contributed by atoms with Gasteiger partial charge in [0, 0.05) is 7.11 Å². The third-order valence-corrected chi connectivity index (χ3v) is 4.19. The summed E-state index contributed by atoms with van der Waals surface area (Å²) in [6, 6.07) is 16.0. The van der Waals surface area contributed by atoms with E-state index < -0.39 is 23.5 Å². The molecule has 0 saturated carbocycles. The van der Waals surface area contributed by atoms with E-state index in [-0.39, 0.29) is 6.42 Å². The summed E-state index contributed by atoms with van der Waals surface area (Å²) in [5.74, 6) is -0.853. The molecule has 0 heterocycles. The Balaban J connectivity index is 2.34. The molecule has 0 aliphatic heterocycles. The van der Waals surface area contributed by atoms with E-state index >= 15 is 0 Å². The number of carbonyl (C=O) groups is 2. The molecule has 0 saturated heterocycles. The molecular weight excluding hydrogens is 334 g/mol. The van der Waals surface area contributed by atoms with Crippen LogP contribution < -0.4 is 10.1 Å². The van der Waals surface area contributed by atoms with E-state index in [1.165, 1.54) is 14.2 Å². The van der Waals surface area contributed by atoms with Gasteiger partial charge >= 0.3 is 5.97 Å². The van der Waals surface area contributed by atoms with Crippen molar-refractivity contribution in [3.63, 3.8) is 0 Å². The number of hydrogen-bond acceptors (Lipinski definition) is 4. The number of amides is 1. The normalized spacial score (nSPS) is 14.1. The summed E-state index contributed by atoms with van der Waals surface area (Å²) in [5.41, 5.74) is 0.203. The van der Waals surface area contributed by atoms with Crippen LogP contribution in [-0.4, -0.2) is 31.2 Å². The number of aliphatic carboxylic acids is 1. The first-order chi connectivity index (χ1) is 12.4. The van der Waals surface area contributed by atoms with Crippen LogP contribution in [0.2, 0.25) is 0 Å². The molecule has 6 heteroatoms. The highest BCUT2D eigenvalue weighted by Gasteiger charge is 2.34. The van der Waals surface area contributed by atoms with Gasteiger partial charge in [0.15, 0.2) is 6.10 Å². The smallest absolute Gasteiger partial charge is 0.306 e. The highest BCUT2D eigenvalue weighted by atomic mass is 16.5. The lowest BCUT2D eigenvalue weighted by Crippen LogP contribution is -2.47. The summed E-state index contributed by atoms with van der Waals surface area (Å²) in [6.07, 6.45) is -1.12. The molecular formula is C20H23NO5. The zero-order valence-electron chi connectivity index (χ0n) is 15.1. The SMILES string of the molecule is COc1cccc(C(C)(CC(=O)O)NC(=O)[C@H](OC)c2ccccc2)c1. The van der Waals surface area contributed by atoms with E-state index in [0.717, 1.165) is 0 Å². The standard InChI is InChI=1S/C20H23NO5/c1-20(13-17(22)23,15-10-7-11-16(12-15)25-2)21-19(24)18(26-3)14-8-5-4-6-9-14/h4-12,18H,13H2,1-3H3,(H,21,24)(H,22,23)/t18-,20?/m1/s1. The van der Waals surface area contributed by atoms with Crippen LogP contribution in [0, 0.1) is 0 Å². The zero-order valence-corrected chi connectivity index (χ0v) is 15.1. The van der Waals surface area contributed by atoms with E-state index in [1.807, 2.05) is 18.2 Å². The van der Waals surface area contributed by atoms with Gasteiger partial charge in [-0.3, -0.25) is 9.59 Å². The summed E-state index contributed by atoms with van der Waals surface area (Å²) in [6.45, 7) is 1.67. The van der Waals surface area contributed by atoms with Crippen LogP contribution >= 0.6 is 0 Å². The number of ether oxygens (including phenoxy) is 2. The number of carboxylic acids is 1. The number of benzene rings is 2. The third-order valence-electron chi connectivity index (χ3n) is 4.19.